The monoisotopic (exact) mass is 236 g/mol. The molecule has 15 heavy (non-hydrogen) atoms. The lowest BCUT2D eigenvalue weighted by Crippen LogP contribution is -2.30. The number of hydrogen-bond acceptors (Lipinski definition) is 2. The van der Waals surface area contributed by atoms with Crippen LogP contribution in [0.5, 0.6) is 0 Å². The predicted octanol–water partition coefficient (Wildman–Crippen LogP) is 1.000. The largest absolute Gasteiger partial charge is 0.396 e. The molecule has 0 spiro atoms. The minimum atomic E-state index is -1.73. The van der Waals surface area contributed by atoms with Gasteiger partial charge in [0.05, 0.1) is 0 Å². The fraction of sp³-hybridized carbons (Fsp3) is 1.00. The minimum Gasteiger partial charge on any atom is -0.396 e. The first-order valence-electron chi connectivity index (χ1n) is 5.12. The summed E-state index contributed by atoms with van der Waals surface area (Å²) in [6.07, 6.45) is 0.733. The Hall–Kier alpha value is 0.0700. The van der Waals surface area contributed by atoms with Crippen molar-refractivity contribution < 1.29 is 5.11 Å². The molecule has 0 saturated carbocycles. The third-order valence-corrected chi connectivity index (χ3v) is 6.02. The lowest BCUT2D eigenvalue weighted by molar-refractivity contribution is 0.291. The molecule has 0 aliphatic carbocycles. The molecule has 0 aromatic carbocycles. The van der Waals surface area contributed by atoms with E-state index in [-0.39, 0.29) is 6.61 Å². The fourth-order valence-corrected chi connectivity index (χ4v) is 5.04. The summed E-state index contributed by atoms with van der Waals surface area (Å²) in [4.78, 5) is 0. The SMILES string of the molecule is CN(C)P(=NCCCO)(N(C)C)N(C)C. The molecular weight excluding hydrogens is 211 g/mol. The highest BCUT2D eigenvalue weighted by molar-refractivity contribution is 7.59. The van der Waals surface area contributed by atoms with Crippen LogP contribution in [0.2, 0.25) is 0 Å². The van der Waals surface area contributed by atoms with Crippen molar-refractivity contribution in [2.24, 2.45) is 4.74 Å². The number of rotatable bonds is 6. The summed E-state index contributed by atoms with van der Waals surface area (Å²) in [5.41, 5.74) is 0. The van der Waals surface area contributed by atoms with Crippen molar-refractivity contribution >= 4 is 7.51 Å². The summed E-state index contributed by atoms with van der Waals surface area (Å²) in [7, 11) is 10.6. The van der Waals surface area contributed by atoms with Crippen LogP contribution < -0.4 is 0 Å². The van der Waals surface area contributed by atoms with Gasteiger partial charge < -0.3 is 5.11 Å². The summed E-state index contributed by atoms with van der Waals surface area (Å²) in [5, 5.41) is 8.79. The highest BCUT2D eigenvalue weighted by atomic mass is 31.2. The van der Waals surface area contributed by atoms with Gasteiger partial charge in [0.25, 0.3) is 0 Å². The van der Waals surface area contributed by atoms with Crippen molar-refractivity contribution in [3.05, 3.63) is 0 Å². The Morgan fingerprint density at radius 3 is 1.60 bits per heavy atom. The molecule has 6 heteroatoms. The molecule has 0 fully saturated rings. The van der Waals surface area contributed by atoms with Crippen LogP contribution in [0, 0.1) is 0 Å². The molecule has 0 bridgehead atoms. The molecular formula is C9H25N4OP. The summed E-state index contributed by atoms with van der Waals surface area (Å²) >= 11 is 0. The molecule has 0 atom stereocenters. The Morgan fingerprint density at radius 1 is 0.933 bits per heavy atom. The molecule has 0 amide bonds. The molecule has 0 rings (SSSR count). The standard InChI is InChI=1S/C9H25N4OP/c1-11(2)15(12(3)4,13(5)6)10-8-7-9-14/h14H,7-9H2,1-6H3. The molecule has 5 nitrogen and oxygen atoms in total. The highest BCUT2D eigenvalue weighted by Gasteiger charge is 2.27. The maximum Gasteiger partial charge on any atom is 0.166 e. The molecule has 0 unspecified atom stereocenters. The Labute approximate surface area is 93.9 Å². The Bertz CT molecular complexity index is 200. The third kappa shape index (κ3) is 3.54. The van der Waals surface area contributed by atoms with E-state index in [4.69, 9.17) is 9.85 Å². The van der Waals surface area contributed by atoms with Crippen LogP contribution >= 0.6 is 7.51 Å². The maximum atomic E-state index is 8.79. The highest BCUT2D eigenvalue weighted by Crippen LogP contribution is 2.54. The maximum absolute atomic E-state index is 8.79. The summed E-state index contributed by atoms with van der Waals surface area (Å²) in [5.74, 6) is 0. The van der Waals surface area contributed by atoms with Gasteiger partial charge in [0.15, 0.2) is 7.51 Å². The Balaban J connectivity index is 5.04. The zero-order valence-corrected chi connectivity index (χ0v) is 11.7. The fourth-order valence-electron chi connectivity index (χ4n) is 1.73. The molecule has 0 saturated heterocycles. The van der Waals surface area contributed by atoms with E-state index in [1.165, 1.54) is 0 Å². The van der Waals surface area contributed by atoms with E-state index >= 15 is 0 Å². The van der Waals surface area contributed by atoms with Gasteiger partial charge in [0.2, 0.25) is 0 Å². The second kappa shape index (κ2) is 6.61. The molecule has 92 valence electrons. The molecule has 0 aliphatic heterocycles. The van der Waals surface area contributed by atoms with Gasteiger partial charge in [-0.15, -0.1) is 0 Å². The average molecular weight is 236 g/mol. The van der Waals surface area contributed by atoms with Crippen molar-refractivity contribution in [1.82, 2.24) is 14.0 Å². The number of nitrogens with zero attached hydrogens (tertiary/aromatic N) is 4. The van der Waals surface area contributed by atoms with Crippen LogP contribution in [0.3, 0.4) is 0 Å². The van der Waals surface area contributed by atoms with Crippen LogP contribution in [0.4, 0.5) is 0 Å². The summed E-state index contributed by atoms with van der Waals surface area (Å²) < 4.78 is 11.3. The first kappa shape index (κ1) is 15.1. The van der Waals surface area contributed by atoms with E-state index in [9.17, 15) is 0 Å². The predicted molar refractivity (Wildman–Crippen MR) is 67.0 cm³/mol. The molecule has 1 N–H and O–H groups in total. The number of hydrogen-bond donors (Lipinski definition) is 1. The number of aliphatic hydroxyl groups is 1. The van der Waals surface area contributed by atoms with Gasteiger partial charge in [-0.1, -0.05) is 0 Å². The quantitative estimate of drug-likeness (QED) is 0.552. The van der Waals surface area contributed by atoms with E-state index in [1.54, 1.807) is 0 Å². The second-order valence-corrected chi connectivity index (χ2v) is 7.78. The van der Waals surface area contributed by atoms with Crippen LogP contribution in [0.1, 0.15) is 6.42 Å². The first-order chi connectivity index (χ1) is 6.89. The van der Waals surface area contributed by atoms with Crippen molar-refractivity contribution in [2.45, 2.75) is 6.42 Å². The van der Waals surface area contributed by atoms with Crippen LogP contribution in [0.25, 0.3) is 0 Å². The topological polar surface area (TPSA) is 42.3 Å². The van der Waals surface area contributed by atoms with Gasteiger partial charge in [0.1, 0.15) is 0 Å². The van der Waals surface area contributed by atoms with Crippen molar-refractivity contribution in [3.63, 3.8) is 0 Å². The van der Waals surface area contributed by atoms with Crippen LogP contribution in [0.15, 0.2) is 4.74 Å². The summed E-state index contributed by atoms with van der Waals surface area (Å²) in [6, 6.07) is 0. The molecule has 0 heterocycles. The average Bonchev–Trinajstić information content (AvgIpc) is 2.10. The summed E-state index contributed by atoms with van der Waals surface area (Å²) in [6.45, 7) is 0.913. The minimum absolute atomic E-state index is 0.206. The second-order valence-electron chi connectivity index (χ2n) is 4.02. The Kier molecular flexibility index (Phi) is 6.64. The zero-order chi connectivity index (χ0) is 12.1. The van der Waals surface area contributed by atoms with Gasteiger partial charge in [-0.25, -0.2) is 0 Å². The molecule has 0 aliphatic rings. The smallest absolute Gasteiger partial charge is 0.166 e. The van der Waals surface area contributed by atoms with Crippen molar-refractivity contribution in [2.75, 3.05) is 55.4 Å². The van der Waals surface area contributed by atoms with E-state index in [0.29, 0.717) is 6.54 Å². The lowest BCUT2D eigenvalue weighted by atomic mass is 10.5. The van der Waals surface area contributed by atoms with Gasteiger partial charge in [0, 0.05) is 13.2 Å². The third-order valence-electron chi connectivity index (χ3n) is 2.22. The van der Waals surface area contributed by atoms with Crippen LogP contribution in [-0.2, 0) is 0 Å². The van der Waals surface area contributed by atoms with Crippen molar-refractivity contribution in [3.8, 4) is 0 Å². The van der Waals surface area contributed by atoms with E-state index < -0.39 is 7.51 Å². The van der Waals surface area contributed by atoms with Crippen molar-refractivity contribution in [1.29, 1.82) is 0 Å². The van der Waals surface area contributed by atoms with E-state index in [2.05, 4.69) is 56.3 Å². The van der Waals surface area contributed by atoms with Gasteiger partial charge in [-0.2, -0.15) is 0 Å². The van der Waals surface area contributed by atoms with Gasteiger partial charge in [-0.05, 0) is 48.7 Å². The molecule has 0 radical (unpaired) electrons. The van der Waals surface area contributed by atoms with Crippen LogP contribution in [-0.4, -0.2) is 74.6 Å². The van der Waals surface area contributed by atoms with E-state index in [0.717, 1.165) is 6.42 Å². The zero-order valence-electron chi connectivity index (χ0n) is 10.8. The number of aliphatic hydroxyl groups excluding tert-OH is 1. The Morgan fingerprint density at radius 2 is 1.33 bits per heavy atom. The molecule has 0 aromatic rings. The van der Waals surface area contributed by atoms with E-state index in [1.807, 2.05) is 0 Å². The van der Waals surface area contributed by atoms with Gasteiger partial charge in [-0.3, -0.25) is 18.8 Å². The molecule has 0 aromatic heterocycles. The van der Waals surface area contributed by atoms with Gasteiger partial charge >= 0.3 is 0 Å². The first-order valence-corrected chi connectivity index (χ1v) is 6.72. The normalized spacial score (nSPS) is 12.9. The lowest BCUT2D eigenvalue weighted by Gasteiger charge is -2.41.